The third-order valence-corrected chi connectivity index (χ3v) is 8.59. The van der Waals surface area contributed by atoms with Crippen LogP contribution < -0.4 is 4.74 Å². The van der Waals surface area contributed by atoms with E-state index in [1.165, 1.54) is 18.1 Å². The highest BCUT2D eigenvalue weighted by molar-refractivity contribution is 6.34. The van der Waals surface area contributed by atoms with E-state index in [-0.39, 0.29) is 11.5 Å². The molecule has 2 aromatic rings. The second-order valence-corrected chi connectivity index (χ2v) is 11.8. The summed E-state index contributed by atoms with van der Waals surface area (Å²) in [5, 5.41) is 1.32. The van der Waals surface area contributed by atoms with Crippen LogP contribution in [-0.2, 0) is 16.1 Å². The summed E-state index contributed by atoms with van der Waals surface area (Å²) < 4.78 is 26.2. The molecule has 3 fully saturated rings. The molecule has 0 spiro atoms. The molecule has 1 atom stereocenters. The number of carbonyl (C=O) groups is 2. The van der Waals surface area contributed by atoms with Crippen LogP contribution in [0.25, 0.3) is 0 Å². The van der Waals surface area contributed by atoms with Gasteiger partial charge in [0.05, 0.1) is 19.3 Å². The largest absolute Gasteiger partial charge is 0.493 e. The number of benzene rings is 2. The Morgan fingerprint density at radius 2 is 1.69 bits per heavy atom. The molecule has 0 bridgehead atoms. The van der Waals surface area contributed by atoms with Crippen LogP contribution >= 0.6 is 23.2 Å². The minimum Gasteiger partial charge on any atom is -0.493 e. The van der Waals surface area contributed by atoms with Crippen LogP contribution in [0.2, 0.25) is 10.0 Å². The predicted octanol–water partition coefficient (Wildman–Crippen LogP) is 6.47. The highest BCUT2D eigenvalue weighted by Crippen LogP contribution is 2.45. The highest BCUT2D eigenvalue weighted by atomic mass is 35.5. The van der Waals surface area contributed by atoms with Gasteiger partial charge < -0.3 is 14.4 Å². The number of nitrogens with zero attached hydrogens (tertiary/aromatic N) is 2. The Labute approximate surface area is 239 Å². The smallest absolute Gasteiger partial charge is 0.328 e. The van der Waals surface area contributed by atoms with E-state index < -0.39 is 23.7 Å². The van der Waals surface area contributed by atoms with Crippen molar-refractivity contribution in [2.45, 2.75) is 63.5 Å². The van der Waals surface area contributed by atoms with Crippen LogP contribution in [0.1, 0.15) is 72.3 Å². The van der Waals surface area contributed by atoms with Crippen LogP contribution in [0, 0.1) is 11.7 Å². The Morgan fingerprint density at radius 3 is 2.36 bits per heavy atom. The Morgan fingerprint density at radius 1 is 0.974 bits per heavy atom. The lowest BCUT2D eigenvalue weighted by molar-refractivity contribution is -0.145. The number of rotatable bonds is 9. The number of amides is 1. The number of hydrogen-bond acceptors (Lipinski definition) is 5. The molecular weight excluding hydrogens is 542 g/mol. The fraction of sp³-hybridized carbons (Fsp3) is 0.533. The summed E-state index contributed by atoms with van der Waals surface area (Å²) >= 11 is 12.3. The Hall–Kier alpha value is -2.35. The molecule has 5 rings (SSSR count). The zero-order valence-electron chi connectivity index (χ0n) is 22.3. The standard InChI is InChI=1S/C30H35Cl2FN2O4/c1-38-30(37)27-3-2-9-35(27)29(36)25-16-24(21-4-5-21)28(17-26(25)33)39-12-8-19-6-10-34(11-7-19)18-20-13-22(31)15-23(32)14-20/h13-17,19,21,27H,2-12,18H2,1H3/t27-/m0/s1. The molecule has 3 aliphatic rings. The highest BCUT2D eigenvalue weighted by Gasteiger charge is 2.37. The Kier molecular flexibility index (Phi) is 8.99. The van der Waals surface area contributed by atoms with Crippen molar-refractivity contribution in [3.63, 3.8) is 0 Å². The molecule has 2 aromatic carbocycles. The Balaban J connectivity index is 1.16. The van der Waals surface area contributed by atoms with E-state index in [1.54, 1.807) is 12.1 Å². The van der Waals surface area contributed by atoms with Gasteiger partial charge in [-0.1, -0.05) is 23.2 Å². The van der Waals surface area contributed by atoms with Gasteiger partial charge in [0.1, 0.15) is 17.6 Å². The van der Waals surface area contributed by atoms with Crippen molar-refractivity contribution in [2.75, 3.05) is 33.4 Å². The molecule has 2 heterocycles. The topological polar surface area (TPSA) is 59.1 Å². The van der Waals surface area contributed by atoms with E-state index in [4.69, 9.17) is 32.7 Å². The molecule has 0 N–H and O–H groups in total. The van der Waals surface area contributed by atoms with E-state index in [1.807, 2.05) is 12.1 Å². The lowest BCUT2D eigenvalue weighted by atomic mass is 9.93. The lowest BCUT2D eigenvalue weighted by Crippen LogP contribution is -2.41. The fourth-order valence-corrected chi connectivity index (χ4v) is 6.42. The molecule has 0 radical (unpaired) electrons. The number of likely N-dealkylation sites (tertiary alicyclic amines) is 2. The van der Waals surface area contributed by atoms with Gasteiger partial charge in [0.25, 0.3) is 5.91 Å². The maximum Gasteiger partial charge on any atom is 0.328 e. The maximum absolute atomic E-state index is 15.2. The molecule has 2 aliphatic heterocycles. The summed E-state index contributed by atoms with van der Waals surface area (Å²) in [6.45, 7) is 3.75. The molecule has 1 saturated carbocycles. The maximum atomic E-state index is 15.2. The zero-order chi connectivity index (χ0) is 27.5. The summed E-state index contributed by atoms with van der Waals surface area (Å²) in [4.78, 5) is 29.2. The number of hydrogen-bond donors (Lipinski definition) is 0. The molecule has 1 amide bonds. The van der Waals surface area contributed by atoms with Crippen LogP contribution in [0.5, 0.6) is 5.75 Å². The van der Waals surface area contributed by atoms with Crippen LogP contribution in [-0.4, -0.2) is 61.1 Å². The fourth-order valence-electron chi connectivity index (χ4n) is 5.85. The number of methoxy groups -OCH3 is 1. The van der Waals surface area contributed by atoms with Gasteiger partial charge in [-0.3, -0.25) is 9.69 Å². The number of piperidine rings is 1. The SMILES string of the molecule is COC(=O)[C@@H]1CCCN1C(=O)c1cc(C2CC2)c(OCCC2CCN(Cc3cc(Cl)cc(Cl)c3)CC2)cc1F. The number of carbonyl (C=O) groups excluding carboxylic acids is 2. The third-order valence-electron chi connectivity index (χ3n) is 8.15. The second-order valence-electron chi connectivity index (χ2n) is 11.0. The quantitative estimate of drug-likeness (QED) is 0.320. The van der Waals surface area contributed by atoms with Gasteiger partial charge in [-0.2, -0.15) is 0 Å². The number of halogens is 3. The summed E-state index contributed by atoms with van der Waals surface area (Å²) in [7, 11) is 1.31. The van der Waals surface area contributed by atoms with Gasteiger partial charge in [-0.25, -0.2) is 9.18 Å². The van der Waals surface area contributed by atoms with Crippen molar-refractivity contribution in [1.29, 1.82) is 0 Å². The second kappa shape index (κ2) is 12.4. The monoisotopic (exact) mass is 576 g/mol. The molecule has 0 unspecified atom stereocenters. The molecule has 1 aliphatic carbocycles. The molecular formula is C30H35Cl2FN2O4. The summed E-state index contributed by atoms with van der Waals surface area (Å²) in [5.41, 5.74) is 2.02. The normalized spacial score (nSPS) is 20.3. The summed E-state index contributed by atoms with van der Waals surface area (Å²) in [6, 6.07) is 8.04. The van der Waals surface area contributed by atoms with Crippen LogP contribution in [0.3, 0.4) is 0 Å². The third kappa shape index (κ3) is 6.87. The van der Waals surface area contributed by atoms with E-state index in [2.05, 4.69) is 4.90 Å². The number of esters is 1. The first-order valence-electron chi connectivity index (χ1n) is 13.8. The molecule has 0 aromatic heterocycles. The van der Waals surface area contributed by atoms with E-state index >= 15 is 4.39 Å². The van der Waals surface area contributed by atoms with Crippen molar-refractivity contribution in [2.24, 2.45) is 5.92 Å². The molecule has 9 heteroatoms. The first kappa shape index (κ1) is 28.2. The first-order chi connectivity index (χ1) is 18.8. The lowest BCUT2D eigenvalue weighted by Gasteiger charge is -2.32. The van der Waals surface area contributed by atoms with Gasteiger partial charge in [-0.15, -0.1) is 0 Å². The minimum atomic E-state index is -0.656. The number of ether oxygens (including phenoxy) is 2. The van der Waals surface area contributed by atoms with Crippen LogP contribution in [0.4, 0.5) is 4.39 Å². The van der Waals surface area contributed by atoms with Gasteiger partial charge in [-0.05, 0) is 105 Å². The minimum absolute atomic E-state index is 0.00779. The van der Waals surface area contributed by atoms with E-state index in [0.717, 1.165) is 62.9 Å². The van der Waals surface area contributed by atoms with Gasteiger partial charge >= 0.3 is 5.97 Å². The molecule has 210 valence electrons. The van der Waals surface area contributed by atoms with Gasteiger partial charge in [0, 0.05) is 29.2 Å². The predicted molar refractivity (Wildman–Crippen MR) is 149 cm³/mol. The summed E-state index contributed by atoms with van der Waals surface area (Å²) in [6.07, 6.45) is 6.28. The molecule has 39 heavy (non-hydrogen) atoms. The van der Waals surface area contributed by atoms with Crippen molar-refractivity contribution >= 4 is 35.1 Å². The van der Waals surface area contributed by atoms with Gasteiger partial charge in [0.2, 0.25) is 0 Å². The molecule has 2 saturated heterocycles. The van der Waals surface area contributed by atoms with Crippen molar-refractivity contribution in [3.05, 3.63) is 62.9 Å². The van der Waals surface area contributed by atoms with Crippen molar-refractivity contribution < 1.29 is 23.5 Å². The van der Waals surface area contributed by atoms with E-state index in [9.17, 15) is 9.59 Å². The first-order valence-corrected chi connectivity index (χ1v) is 14.6. The Bertz CT molecular complexity index is 1190. The van der Waals surface area contributed by atoms with Crippen molar-refractivity contribution in [3.8, 4) is 5.75 Å². The zero-order valence-corrected chi connectivity index (χ0v) is 23.8. The summed E-state index contributed by atoms with van der Waals surface area (Å²) in [5.74, 6) is -0.156. The molecule has 6 nitrogen and oxygen atoms in total. The average molecular weight is 578 g/mol. The van der Waals surface area contributed by atoms with Crippen LogP contribution in [0.15, 0.2) is 30.3 Å². The average Bonchev–Trinajstić information content (AvgIpc) is 3.63. The van der Waals surface area contributed by atoms with E-state index in [0.29, 0.717) is 47.7 Å². The van der Waals surface area contributed by atoms with Gasteiger partial charge in [0.15, 0.2) is 0 Å². The van der Waals surface area contributed by atoms with Crippen molar-refractivity contribution in [1.82, 2.24) is 9.80 Å².